The first-order valence-corrected chi connectivity index (χ1v) is 5.67. The molecule has 2 rings (SSSR count). The van der Waals surface area contributed by atoms with Gasteiger partial charge in [-0.2, -0.15) is 0 Å². The van der Waals surface area contributed by atoms with E-state index in [0.29, 0.717) is 5.69 Å². The summed E-state index contributed by atoms with van der Waals surface area (Å²) in [6, 6.07) is 1.94. The van der Waals surface area contributed by atoms with Crippen molar-refractivity contribution in [2.75, 3.05) is 23.7 Å². The molecule has 16 heavy (non-hydrogen) atoms. The Bertz CT molecular complexity index is 380. The number of hydrogen-bond acceptors (Lipinski definition) is 4. The lowest BCUT2D eigenvalue weighted by Gasteiger charge is -2.37. The Morgan fingerprint density at radius 3 is 2.62 bits per heavy atom. The van der Waals surface area contributed by atoms with Crippen LogP contribution in [0.4, 0.5) is 11.5 Å². The molecule has 1 aliphatic heterocycles. The van der Waals surface area contributed by atoms with Gasteiger partial charge in [-0.3, -0.25) is 0 Å². The minimum atomic E-state index is -0.516. The van der Waals surface area contributed by atoms with Crippen molar-refractivity contribution in [3.8, 4) is 0 Å². The minimum absolute atomic E-state index is 0.516. The van der Waals surface area contributed by atoms with Gasteiger partial charge < -0.3 is 15.7 Å². The quantitative estimate of drug-likeness (QED) is 0.751. The molecule has 1 fully saturated rings. The monoisotopic (exact) mass is 221 g/mol. The van der Waals surface area contributed by atoms with Gasteiger partial charge in [0.25, 0.3) is 0 Å². The molecule has 0 amide bonds. The molecule has 1 aromatic heterocycles. The van der Waals surface area contributed by atoms with Crippen molar-refractivity contribution in [1.29, 1.82) is 0 Å². The van der Waals surface area contributed by atoms with Crippen LogP contribution < -0.4 is 10.6 Å². The molecule has 0 saturated carbocycles. The van der Waals surface area contributed by atoms with Gasteiger partial charge in [0.15, 0.2) is 0 Å². The third-order valence-corrected chi connectivity index (χ3v) is 3.21. The number of nitrogens with two attached hydrogens (primary N) is 1. The van der Waals surface area contributed by atoms with Gasteiger partial charge in [-0.25, -0.2) is 4.98 Å². The van der Waals surface area contributed by atoms with Crippen LogP contribution >= 0.6 is 0 Å². The predicted molar refractivity (Wildman–Crippen MR) is 65.5 cm³/mol. The van der Waals surface area contributed by atoms with Crippen LogP contribution in [0.2, 0.25) is 0 Å². The second-order valence-corrected chi connectivity index (χ2v) is 4.89. The summed E-state index contributed by atoms with van der Waals surface area (Å²) in [6.07, 6.45) is 3.27. The van der Waals surface area contributed by atoms with E-state index in [2.05, 4.69) is 9.88 Å². The summed E-state index contributed by atoms with van der Waals surface area (Å²) in [4.78, 5) is 6.58. The number of anilines is 2. The summed E-state index contributed by atoms with van der Waals surface area (Å²) in [5, 5.41) is 9.89. The molecule has 0 radical (unpaired) electrons. The van der Waals surface area contributed by atoms with E-state index in [1.165, 1.54) is 0 Å². The van der Waals surface area contributed by atoms with Crippen molar-refractivity contribution < 1.29 is 5.11 Å². The fourth-order valence-corrected chi connectivity index (χ4v) is 2.12. The highest BCUT2D eigenvalue weighted by atomic mass is 16.3. The van der Waals surface area contributed by atoms with Crippen molar-refractivity contribution >= 4 is 11.5 Å². The number of rotatable bonds is 1. The highest BCUT2D eigenvalue weighted by Gasteiger charge is 2.28. The van der Waals surface area contributed by atoms with Crippen molar-refractivity contribution in [1.82, 2.24) is 4.98 Å². The van der Waals surface area contributed by atoms with E-state index >= 15 is 0 Å². The number of aromatic nitrogens is 1. The van der Waals surface area contributed by atoms with Gasteiger partial charge in [-0.05, 0) is 38.3 Å². The first kappa shape index (κ1) is 11.2. The van der Waals surface area contributed by atoms with Crippen molar-refractivity contribution in [2.24, 2.45) is 0 Å². The summed E-state index contributed by atoms with van der Waals surface area (Å²) in [5.41, 5.74) is 6.96. The van der Waals surface area contributed by atoms with Gasteiger partial charge in [-0.15, -0.1) is 0 Å². The summed E-state index contributed by atoms with van der Waals surface area (Å²) in [7, 11) is 0. The third kappa shape index (κ3) is 2.27. The van der Waals surface area contributed by atoms with Crippen LogP contribution in [0.15, 0.2) is 12.3 Å². The van der Waals surface area contributed by atoms with Crippen LogP contribution in [-0.2, 0) is 0 Å². The summed E-state index contributed by atoms with van der Waals surface area (Å²) >= 11 is 0. The van der Waals surface area contributed by atoms with Gasteiger partial charge in [-0.1, -0.05) is 0 Å². The van der Waals surface area contributed by atoms with E-state index in [9.17, 15) is 5.11 Å². The molecule has 0 unspecified atom stereocenters. The van der Waals surface area contributed by atoms with E-state index in [-0.39, 0.29) is 0 Å². The molecule has 1 aliphatic rings. The molecule has 1 aromatic rings. The van der Waals surface area contributed by atoms with Crippen LogP contribution in [0.3, 0.4) is 0 Å². The van der Waals surface area contributed by atoms with Gasteiger partial charge in [0, 0.05) is 13.1 Å². The average Bonchev–Trinajstić information content (AvgIpc) is 2.19. The fourth-order valence-electron chi connectivity index (χ4n) is 2.12. The lowest BCUT2D eigenvalue weighted by atomic mass is 9.94. The van der Waals surface area contributed by atoms with E-state index < -0.39 is 5.60 Å². The second kappa shape index (κ2) is 3.94. The molecule has 4 heteroatoms. The minimum Gasteiger partial charge on any atom is -0.397 e. The van der Waals surface area contributed by atoms with Gasteiger partial charge >= 0.3 is 0 Å². The lowest BCUT2D eigenvalue weighted by Crippen LogP contribution is -2.43. The van der Waals surface area contributed by atoms with Crippen molar-refractivity contribution in [3.05, 3.63) is 17.8 Å². The molecular weight excluding hydrogens is 202 g/mol. The Hall–Kier alpha value is -1.29. The number of hydrogen-bond donors (Lipinski definition) is 2. The lowest BCUT2D eigenvalue weighted by molar-refractivity contribution is 0.0350. The zero-order valence-corrected chi connectivity index (χ0v) is 9.90. The Labute approximate surface area is 96.1 Å². The van der Waals surface area contributed by atoms with E-state index in [0.717, 1.165) is 37.3 Å². The second-order valence-electron chi connectivity index (χ2n) is 4.89. The zero-order valence-electron chi connectivity index (χ0n) is 9.90. The van der Waals surface area contributed by atoms with Crippen LogP contribution in [0.5, 0.6) is 0 Å². The first-order chi connectivity index (χ1) is 7.48. The molecule has 0 atom stereocenters. The predicted octanol–water partition coefficient (Wildman–Crippen LogP) is 1.32. The van der Waals surface area contributed by atoms with Crippen molar-refractivity contribution in [2.45, 2.75) is 32.3 Å². The molecule has 4 nitrogen and oxygen atoms in total. The molecule has 0 aliphatic carbocycles. The van der Waals surface area contributed by atoms with Crippen LogP contribution in [0.25, 0.3) is 0 Å². The maximum absolute atomic E-state index is 9.89. The van der Waals surface area contributed by atoms with Gasteiger partial charge in [0.2, 0.25) is 0 Å². The summed E-state index contributed by atoms with van der Waals surface area (Å²) < 4.78 is 0. The molecule has 88 valence electrons. The number of nitrogen functional groups attached to an aromatic ring is 1. The maximum atomic E-state index is 9.89. The summed E-state index contributed by atoms with van der Waals surface area (Å²) in [6.45, 7) is 5.62. The Morgan fingerprint density at radius 2 is 2.06 bits per heavy atom. The Kier molecular flexibility index (Phi) is 2.76. The number of nitrogens with zero attached hydrogens (tertiary/aromatic N) is 2. The topological polar surface area (TPSA) is 62.4 Å². The summed E-state index contributed by atoms with van der Waals surface area (Å²) in [5.74, 6) is 0.990. The van der Waals surface area contributed by atoms with Crippen LogP contribution in [-0.4, -0.2) is 28.8 Å². The molecular formula is C12H19N3O. The molecule has 2 heterocycles. The standard InChI is InChI=1S/C12H19N3O/c1-9-7-10(13)8-14-11(9)15-5-3-12(2,16)4-6-15/h7-8,16H,3-6,13H2,1-2H3. The molecule has 1 saturated heterocycles. The number of aliphatic hydroxyl groups is 1. The first-order valence-electron chi connectivity index (χ1n) is 5.67. The molecule has 0 aromatic carbocycles. The molecule has 3 N–H and O–H groups in total. The highest BCUT2D eigenvalue weighted by Crippen LogP contribution is 2.27. The fraction of sp³-hybridized carbons (Fsp3) is 0.583. The normalized spacial score (nSPS) is 19.8. The number of aryl methyl sites for hydroxylation is 1. The van der Waals surface area contributed by atoms with E-state index in [1.54, 1.807) is 6.20 Å². The van der Waals surface area contributed by atoms with Gasteiger partial charge in [0.1, 0.15) is 5.82 Å². The highest BCUT2D eigenvalue weighted by molar-refractivity contribution is 5.52. The van der Waals surface area contributed by atoms with E-state index in [1.807, 2.05) is 19.9 Å². The van der Waals surface area contributed by atoms with Crippen LogP contribution in [0.1, 0.15) is 25.3 Å². The smallest absolute Gasteiger partial charge is 0.131 e. The van der Waals surface area contributed by atoms with Crippen molar-refractivity contribution in [3.63, 3.8) is 0 Å². The maximum Gasteiger partial charge on any atom is 0.131 e. The van der Waals surface area contributed by atoms with Crippen LogP contribution in [0, 0.1) is 6.92 Å². The molecule has 0 bridgehead atoms. The molecule has 0 spiro atoms. The SMILES string of the molecule is Cc1cc(N)cnc1N1CCC(C)(O)CC1. The zero-order chi connectivity index (χ0) is 11.8. The third-order valence-electron chi connectivity index (χ3n) is 3.21. The Morgan fingerprint density at radius 1 is 1.44 bits per heavy atom. The largest absolute Gasteiger partial charge is 0.397 e. The van der Waals surface area contributed by atoms with Gasteiger partial charge in [0.05, 0.1) is 17.5 Å². The number of piperidine rings is 1. The number of pyridine rings is 1. The average molecular weight is 221 g/mol. The van der Waals surface area contributed by atoms with E-state index in [4.69, 9.17) is 5.73 Å². The Balaban J connectivity index is 2.14.